The first-order chi connectivity index (χ1) is 18.7. The summed E-state index contributed by atoms with van der Waals surface area (Å²) >= 11 is 0. The molecule has 2 aliphatic heterocycles. The summed E-state index contributed by atoms with van der Waals surface area (Å²) in [5, 5.41) is 7.49. The van der Waals surface area contributed by atoms with Crippen molar-refractivity contribution in [3.63, 3.8) is 0 Å². The zero-order valence-corrected chi connectivity index (χ0v) is 24.6. The normalized spacial score (nSPS) is 22.0. The van der Waals surface area contributed by atoms with Crippen molar-refractivity contribution in [1.82, 2.24) is 20.4 Å². The molecule has 2 fully saturated rings. The van der Waals surface area contributed by atoms with Crippen molar-refractivity contribution in [2.45, 2.75) is 103 Å². The molecule has 4 nitrogen and oxygen atoms in total. The standard InChI is InChI=1S/C34H54N4/c1-4-5-6-7-8-9-10-19-34(37-22-20-35-26-32(37)24-30-17-13-11-15-28(30)2)38-23-21-36-27-33(38)25-31-18-14-12-16-29(31)3/h11-18,32-36H,4-10,19-27H2,1-3H3. The summed E-state index contributed by atoms with van der Waals surface area (Å²) in [5.41, 5.74) is 5.89. The number of nitrogens with zero attached hydrogens (tertiary/aromatic N) is 2. The first-order valence-corrected chi connectivity index (χ1v) is 15.7. The molecule has 38 heavy (non-hydrogen) atoms. The molecule has 0 radical (unpaired) electrons. The molecule has 4 rings (SSSR count). The molecule has 0 spiro atoms. The molecule has 2 heterocycles. The maximum atomic E-state index is 3.74. The summed E-state index contributed by atoms with van der Waals surface area (Å²) in [6.07, 6.45) is 13.8. The van der Waals surface area contributed by atoms with E-state index in [1.54, 1.807) is 0 Å². The third kappa shape index (κ3) is 8.39. The number of hydrogen-bond donors (Lipinski definition) is 2. The maximum absolute atomic E-state index is 3.74. The van der Waals surface area contributed by atoms with Gasteiger partial charge in [0.2, 0.25) is 0 Å². The zero-order valence-electron chi connectivity index (χ0n) is 24.6. The molecule has 0 saturated carbocycles. The minimum Gasteiger partial charge on any atom is -0.314 e. The van der Waals surface area contributed by atoms with Crippen molar-refractivity contribution >= 4 is 0 Å². The molecule has 2 unspecified atom stereocenters. The van der Waals surface area contributed by atoms with Crippen LogP contribution < -0.4 is 10.6 Å². The second kappa shape index (κ2) is 15.8. The van der Waals surface area contributed by atoms with E-state index in [1.165, 1.54) is 73.6 Å². The van der Waals surface area contributed by atoms with Crippen molar-refractivity contribution < 1.29 is 0 Å². The van der Waals surface area contributed by atoms with Gasteiger partial charge in [0.25, 0.3) is 0 Å². The van der Waals surface area contributed by atoms with E-state index in [-0.39, 0.29) is 0 Å². The number of nitrogens with one attached hydrogen (secondary N) is 2. The Morgan fingerprint density at radius 3 is 1.66 bits per heavy atom. The zero-order chi connectivity index (χ0) is 26.6. The molecule has 2 aliphatic rings. The van der Waals surface area contributed by atoms with E-state index in [0.29, 0.717) is 18.2 Å². The molecule has 2 N–H and O–H groups in total. The third-order valence-electron chi connectivity index (χ3n) is 9.06. The molecule has 210 valence electrons. The van der Waals surface area contributed by atoms with Crippen LogP contribution in [0.1, 0.15) is 80.5 Å². The van der Waals surface area contributed by atoms with Crippen LogP contribution in [0.2, 0.25) is 0 Å². The van der Waals surface area contributed by atoms with Gasteiger partial charge < -0.3 is 10.6 Å². The molecule has 0 aromatic heterocycles. The predicted octanol–water partition coefficient (Wildman–Crippen LogP) is 6.10. The molecule has 0 bridgehead atoms. The fraction of sp³-hybridized carbons (Fsp3) is 0.647. The molecular formula is C34H54N4. The Balaban J connectivity index is 1.51. The van der Waals surface area contributed by atoms with Gasteiger partial charge in [-0.1, -0.05) is 100 Å². The Hall–Kier alpha value is -1.72. The van der Waals surface area contributed by atoms with Gasteiger partial charge >= 0.3 is 0 Å². The molecule has 2 aromatic rings. The highest BCUT2D eigenvalue weighted by Gasteiger charge is 2.36. The fourth-order valence-corrected chi connectivity index (χ4v) is 6.71. The van der Waals surface area contributed by atoms with Crippen LogP contribution in [0.3, 0.4) is 0 Å². The van der Waals surface area contributed by atoms with E-state index in [9.17, 15) is 0 Å². The third-order valence-corrected chi connectivity index (χ3v) is 9.06. The largest absolute Gasteiger partial charge is 0.314 e. The smallest absolute Gasteiger partial charge is 0.0629 e. The lowest BCUT2D eigenvalue weighted by Gasteiger charge is -2.50. The SMILES string of the molecule is CCCCCCCCCC(N1CCNCC1Cc1ccccc1C)N1CCNCC1Cc1ccccc1C. The van der Waals surface area contributed by atoms with Gasteiger partial charge in [-0.15, -0.1) is 0 Å². The summed E-state index contributed by atoms with van der Waals surface area (Å²) < 4.78 is 0. The number of piperazine rings is 2. The Labute approximate surface area is 233 Å². The van der Waals surface area contributed by atoms with Crippen LogP contribution in [0, 0.1) is 13.8 Å². The lowest BCUT2D eigenvalue weighted by Crippen LogP contribution is -2.65. The maximum Gasteiger partial charge on any atom is 0.0629 e. The van der Waals surface area contributed by atoms with Crippen LogP contribution in [0.4, 0.5) is 0 Å². The van der Waals surface area contributed by atoms with Gasteiger partial charge in [-0.2, -0.15) is 0 Å². The molecular weight excluding hydrogens is 464 g/mol. The van der Waals surface area contributed by atoms with Crippen LogP contribution in [0.25, 0.3) is 0 Å². The second-order valence-corrected chi connectivity index (χ2v) is 11.8. The van der Waals surface area contributed by atoms with Gasteiger partial charge in [0, 0.05) is 51.4 Å². The van der Waals surface area contributed by atoms with E-state index in [2.05, 4.69) is 89.7 Å². The summed E-state index contributed by atoms with van der Waals surface area (Å²) in [6.45, 7) is 13.6. The minimum atomic E-state index is 0.526. The highest BCUT2D eigenvalue weighted by molar-refractivity contribution is 5.27. The Morgan fingerprint density at radius 1 is 0.684 bits per heavy atom. The van der Waals surface area contributed by atoms with Gasteiger partial charge in [0.1, 0.15) is 0 Å². The first-order valence-electron chi connectivity index (χ1n) is 15.7. The average molecular weight is 519 g/mol. The summed E-state index contributed by atoms with van der Waals surface area (Å²) in [6, 6.07) is 19.1. The van der Waals surface area contributed by atoms with E-state index in [4.69, 9.17) is 0 Å². The highest BCUT2D eigenvalue weighted by Crippen LogP contribution is 2.26. The minimum absolute atomic E-state index is 0.526. The van der Waals surface area contributed by atoms with Crippen LogP contribution in [0.5, 0.6) is 0 Å². The van der Waals surface area contributed by atoms with Crippen molar-refractivity contribution in [2.75, 3.05) is 39.3 Å². The van der Waals surface area contributed by atoms with Crippen LogP contribution in [0.15, 0.2) is 48.5 Å². The number of hydrogen-bond acceptors (Lipinski definition) is 4. The van der Waals surface area contributed by atoms with Crippen molar-refractivity contribution in [3.8, 4) is 0 Å². The highest BCUT2D eigenvalue weighted by atomic mass is 15.4. The van der Waals surface area contributed by atoms with Gasteiger partial charge in [-0.25, -0.2) is 0 Å². The predicted molar refractivity (Wildman–Crippen MR) is 163 cm³/mol. The number of rotatable bonds is 14. The van der Waals surface area contributed by atoms with Crippen molar-refractivity contribution in [3.05, 3.63) is 70.8 Å². The van der Waals surface area contributed by atoms with Crippen molar-refractivity contribution in [1.29, 1.82) is 0 Å². The van der Waals surface area contributed by atoms with E-state index in [1.807, 2.05) is 0 Å². The molecule has 2 aromatic carbocycles. The van der Waals surface area contributed by atoms with Crippen LogP contribution in [-0.2, 0) is 12.8 Å². The molecule has 0 amide bonds. The first kappa shape index (κ1) is 29.3. The van der Waals surface area contributed by atoms with Gasteiger partial charge in [0.15, 0.2) is 0 Å². The van der Waals surface area contributed by atoms with Gasteiger partial charge in [-0.3, -0.25) is 9.80 Å². The summed E-state index contributed by atoms with van der Waals surface area (Å²) in [5.74, 6) is 0. The monoisotopic (exact) mass is 518 g/mol. The lowest BCUT2D eigenvalue weighted by molar-refractivity contribution is -0.0369. The second-order valence-electron chi connectivity index (χ2n) is 11.8. The quantitative estimate of drug-likeness (QED) is 0.296. The fourth-order valence-electron chi connectivity index (χ4n) is 6.71. The number of aryl methyl sites for hydroxylation is 2. The Morgan fingerprint density at radius 2 is 1.16 bits per heavy atom. The summed E-state index contributed by atoms with van der Waals surface area (Å²) in [4.78, 5) is 5.83. The van der Waals surface area contributed by atoms with Crippen LogP contribution in [-0.4, -0.2) is 67.3 Å². The molecule has 0 aliphatic carbocycles. The van der Waals surface area contributed by atoms with Crippen LogP contribution >= 0.6 is 0 Å². The Kier molecular flexibility index (Phi) is 12.1. The lowest BCUT2D eigenvalue weighted by atomic mass is 9.95. The van der Waals surface area contributed by atoms with Gasteiger partial charge in [0.05, 0.1) is 6.17 Å². The molecule has 4 heteroatoms. The molecule has 2 atom stereocenters. The Bertz CT molecular complexity index is 876. The van der Waals surface area contributed by atoms with Gasteiger partial charge in [-0.05, 0) is 55.4 Å². The van der Waals surface area contributed by atoms with E-state index in [0.717, 1.165) is 52.1 Å². The topological polar surface area (TPSA) is 30.5 Å². The van der Waals surface area contributed by atoms with E-state index < -0.39 is 0 Å². The number of benzene rings is 2. The number of unbranched alkanes of at least 4 members (excludes halogenated alkanes) is 6. The average Bonchev–Trinajstić information content (AvgIpc) is 2.94. The van der Waals surface area contributed by atoms with E-state index >= 15 is 0 Å². The summed E-state index contributed by atoms with van der Waals surface area (Å²) in [7, 11) is 0. The van der Waals surface area contributed by atoms with Crippen molar-refractivity contribution in [2.24, 2.45) is 0 Å². The molecule has 2 saturated heterocycles.